The van der Waals surface area contributed by atoms with Gasteiger partial charge in [0, 0.05) is 86.2 Å². The van der Waals surface area contributed by atoms with E-state index in [1.165, 1.54) is 34.4 Å². The molecule has 43 heavy (non-hydrogen) atoms. The van der Waals surface area contributed by atoms with E-state index in [9.17, 15) is 13.6 Å². The second-order valence-electron chi connectivity index (χ2n) is 12.4. The molecule has 2 fully saturated rings. The predicted molar refractivity (Wildman–Crippen MR) is 165 cm³/mol. The Morgan fingerprint density at radius 3 is 2.70 bits per heavy atom. The maximum Gasteiger partial charge on any atom is 0.318 e. The fraction of sp³-hybridized carbons (Fsp3) is 0.531. The van der Waals surface area contributed by atoms with Crippen LogP contribution in [-0.2, 0) is 17.8 Å². The number of alkyl halides is 2. The Kier molecular flexibility index (Phi) is 8.02. The molecular formula is C32H41F2N7O2. The Balaban J connectivity index is 1.29. The van der Waals surface area contributed by atoms with Gasteiger partial charge in [0.2, 0.25) is 5.91 Å². The quantitative estimate of drug-likeness (QED) is 0.413. The lowest BCUT2D eigenvalue weighted by Crippen LogP contribution is -2.49. The van der Waals surface area contributed by atoms with Crippen LogP contribution in [0.2, 0.25) is 0 Å². The van der Waals surface area contributed by atoms with Gasteiger partial charge in [-0.05, 0) is 63.6 Å². The number of piperazine rings is 1. The number of amides is 1. The molecule has 6 rings (SSSR count). The Morgan fingerprint density at radius 1 is 1.19 bits per heavy atom. The summed E-state index contributed by atoms with van der Waals surface area (Å²) in [6.45, 7) is 9.67. The average molecular weight is 594 g/mol. The van der Waals surface area contributed by atoms with Gasteiger partial charge in [0.05, 0.1) is 12.2 Å². The SMILES string of the molecule is Cc1cc2[nH]ccc2c(N2CCc3c(nc(OC[C@@H]4CC(C)(F)CN4C)nc3N3CCN(C(=O)/C=C/CF)CC3)C2)c1C. The van der Waals surface area contributed by atoms with Crippen LogP contribution in [0.1, 0.15) is 35.7 Å². The van der Waals surface area contributed by atoms with E-state index in [-0.39, 0.29) is 11.9 Å². The maximum atomic E-state index is 14.7. The minimum atomic E-state index is -1.24. The summed E-state index contributed by atoms with van der Waals surface area (Å²) in [5.41, 5.74) is 5.61. The van der Waals surface area contributed by atoms with Crippen molar-refractivity contribution in [3.8, 4) is 6.01 Å². The summed E-state index contributed by atoms with van der Waals surface area (Å²) in [4.78, 5) is 34.0. The van der Waals surface area contributed by atoms with Crippen LogP contribution in [-0.4, -0.2) is 102 Å². The van der Waals surface area contributed by atoms with Crippen LogP contribution in [0.5, 0.6) is 6.01 Å². The normalized spacial score (nSPS) is 23.0. The monoisotopic (exact) mass is 593 g/mol. The standard InChI is InChI=1S/C32H41F2N7O2/c1-21-16-26-24(7-10-35-26)29(22(21)2)41-11-8-25-27(18-41)36-31(43-19-23-17-32(3,34)20-38(23)4)37-30(25)40-14-12-39(13-15-40)28(42)6-5-9-33/h5-7,10,16,23,35H,8-9,11-15,17-20H2,1-4H3/b6-5+/t23-,32?/m0/s1. The molecule has 0 radical (unpaired) electrons. The summed E-state index contributed by atoms with van der Waals surface area (Å²) in [6, 6.07) is 4.57. The molecule has 1 amide bonds. The molecule has 1 N–H and O–H groups in total. The summed E-state index contributed by atoms with van der Waals surface area (Å²) in [5.74, 6) is 0.667. The Hall–Kier alpha value is -3.73. The van der Waals surface area contributed by atoms with Gasteiger partial charge in [-0.15, -0.1) is 0 Å². The van der Waals surface area contributed by atoms with Crippen LogP contribution in [0.4, 0.5) is 20.3 Å². The number of anilines is 2. The number of aryl methyl sites for hydroxylation is 1. The van der Waals surface area contributed by atoms with E-state index < -0.39 is 12.3 Å². The van der Waals surface area contributed by atoms with Gasteiger partial charge in [0.25, 0.3) is 0 Å². The Labute approximate surface area is 251 Å². The predicted octanol–water partition coefficient (Wildman–Crippen LogP) is 4.12. The number of aromatic amines is 1. The third kappa shape index (κ3) is 5.91. The van der Waals surface area contributed by atoms with Crippen LogP contribution in [0.25, 0.3) is 10.9 Å². The van der Waals surface area contributed by atoms with Crippen LogP contribution in [0.15, 0.2) is 30.5 Å². The number of likely N-dealkylation sites (tertiary alicyclic amines) is 1. The third-order valence-electron chi connectivity index (χ3n) is 9.19. The topological polar surface area (TPSA) is 80.8 Å². The van der Waals surface area contributed by atoms with Crippen molar-refractivity contribution in [2.75, 3.05) is 69.4 Å². The molecule has 2 atom stereocenters. The molecular weight excluding hydrogens is 552 g/mol. The van der Waals surface area contributed by atoms with Crippen molar-refractivity contribution < 1.29 is 18.3 Å². The van der Waals surface area contributed by atoms with E-state index in [4.69, 9.17) is 14.7 Å². The fourth-order valence-electron chi connectivity index (χ4n) is 6.84. The smallest absolute Gasteiger partial charge is 0.318 e. The van der Waals surface area contributed by atoms with Gasteiger partial charge in [-0.1, -0.05) is 0 Å². The summed E-state index contributed by atoms with van der Waals surface area (Å²) in [7, 11) is 1.92. The highest BCUT2D eigenvalue weighted by Crippen LogP contribution is 2.37. The highest BCUT2D eigenvalue weighted by molar-refractivity contribution is 5.95. The number of ether oxygens (including phenoxy) is 1. The number of hydrogen-bond acceptors (Lipinski definition) is 7. The van der Waals surface area contributed by atoms with Crippen molar-refractivity contribution in [3.05, 3.63) is 52.9 Å². The number of carbonyl (C=O) groups is 1. The first-order valence-corrected chi connectivity index (χ1v) is 15.1. The van der Waals surface area contributed by atoms with E-state index in [0.717, 1.165) is 35.6 Å². The largest absolute Gasteiger partial charge is 0.462 e. The van der Waals surface area contributed by atoms with Gasteiger partial charge in [0.15, 0.2) is 0 Å². The second kappa shape index (κ2) is 11.7. The first-order chi connectivity index (χ1) is 20.6. The van der Waals surface area contributed by atoms with Gasteiger partial charge in [-0.3, -0.25) is 9.69 Å². The summed E-state index contributed by atoms with van der Waals surface area (Å²) in [5, 5.41) is 1.19. The lowest BCUT2D eigenvalue weighted by molar-refractivity contribution is -0.126. The van der Waals surface area contributed by atoms with Gasteiger partial charge in [-0.2, -0.15) is 9.97 Å². The number of benzene rings is 1. The fourth-order valence-corrected chi connectivity index (χ4v) is 6.84. The number of nitrogens with zero attached hydrogens (tertiary/aromatic N) is 6. The van der Waals surface area contributed by atoms with E-state index in [0.29, 0.717) is 58.3 Å². The average Bonchev–Trinajstić information content (AvgIpc) is 3.56. The lowest BCUT2D eigenvalue weighted by Gasteiger charge is -2.38. The minimum Gasteiger partial charge on any atom is -0.462 e. The summed E-state index contributed by atoms with van der Waals surface area (Å²) in [6.07, 6.45) is 5.71. The van der Waals surface area contributed by atoms with Crippen LogP contribution in [0, 0.1) is 13.8 Å². The number of rotatable bonds is 7. The molecule has 9 nitrogen and oxygen atoms in total. The number of H-pyrrole nitrogens is 1. The van der Waals surface area contributed by atoms with E-state index >= 15 is 0 Å². The number of fused-ring (bicyclic) bond motifs is 2. The first-order valence-electron chi connectivity index (χ1n) is 15.1. The van der Waals surface area contributed by atoms with Crippen LogP contribution >= 0.6 is 0 Å². The minimum absolute atomic E-state index is 0.0571. The van der Waals surface area contributed by atoms with Crippen LogP contribution < -0.4 is 14.5 Å². The number of halogens is 2. The molecule has 3 aliphatic rings. The molecule has 11 heteroatoms. The zero-order valence-electron chi connectivity index (χ0n) is 25.5. The van der Waals surface area contributed by atoms with Gasteiger partial charge in [0.1, 0.15) is 24.8 Å². The summed E-state index contributed by atoms with van der Waals surface area (Å²) < 4.78 is 33.4. The number of nitrogens with one attached hydrogen (secondary N) is 1. The van der Waals surface area contributed by atoms with Crippen molar-refractivity contribution in [3.63, 3.8) is 0 Å². The van der Waals surface area contributed by atoms with E-state index in [2.05, 4.69) is 40.8 Å². The second-order valence-corrected chi connectivity index (χ2v) is 12.4. The van der Waals surface area contributed by atoms with E-state index in [1.807, 2.05) is 18.1 Å². The van der Waals surface area contributed by atoms with Crippen LogP contribution in [0.3, 0.4) is 0 Å². The molecule has 3 aromatic rings. The molecule has 0 bridgehead atoms. The Morgan fingerprint density at radius 2 is 1.98 bits per heavy atom. The molecule has 2 saturated heterocycles. The van der Waals surface area contributed by atoms with Crippen molar-refractivity contribution in [1.29, 1.82) is 0 Å². The molecule has 0 aliphatic carbocycles. The molecule has 3 aliphatic heterocycles. The molecule has 5 heterocycles. The van der Waals surface area contributed by atoms with Gasteiger partial charge in [-0.25, -0.2) is 8.78 Å². The molecule has 2 aromatic heterocycles. The lowest BCUT2D eigenvalue weighted by atomic mass is 9.99. The third-order valence-corrected chi connectivity index (χ3v) is 9.19. The zero-order chi connectivity index (χ0) is 30.3. The van der Waals surface area contributed by atoms with Crippen molar-refractivity contribution >= 4 is 28.3 Å². The number of aromatic nitrogens is 3. The van der Waals surface area contributed by atoms with Gasteiger partial charge < -0.3 is 24.4 Å². The highest BCUT2D eigenvalue weighted by atomic mass is 19.1. The number of allylic oxidation sites excluding steroid dienone is 1. The highest BCUT2D eigenvalue weighted by Gasteiger charge is 2.39. The van der Waals surface area contributed by atoms with Crippen molar-refractivity contribution in [2.24, 2.45) is 0 Å². The van der Waals surface area contributed by atoms with E-state index in [1.54, 1.807) is 11.8 Å². The first kappa shape index (κ1) is 29.3. The van der Waals surface area contributed by atoms with Crippen molar-refractivity contribution in [1.82, 2.24) is 24.8 Å². The number of likely N-dealkylation sites (N-methyl/N-ethyl adjacent to an activating group) is 1. The molecule has 0 saturated carbocycles. The maximum absolute atomic E-state index is 14.7. The number of hydrogen-bond donors (Lipinski definition) is 1. The van der Waals surface area contributed by atoms with Crippen molar-refractivity contribution in [2.45, 2.75) is 51.9 Å². The number of carbonyl (C=O) groups excluding carboxylic acids is 1. The Bertz CT molecular complexity index is 1530. The molecule has 1 aromatic carbocycles. The zero-order valence-corrected chi connectivity index (χ0v) is 25.5. The van der Waals surface area contributed by atoms with Gasteiger partial charge >= 0.3 is 6.01 Å². The molecule has 0 spiro atoms. The molecule has 230 valence electrons. The summed E-state index contributed by atoms with van der Waals surface area (Å²) >= 11 is 0. The molecule has 1 unspecified atom stereocenters.